The molecule has 0 aromatic heterocycles. The summed E-state index contributed by atoms with van der Waals surface area (Å²) in [4.78, 5) is 15.9. The van der Waals surface area contributed by atoms with Gasteiger partial charge in [0.05, 0.1) is 20.4 Å². The summed E-state index contributed by atoms with van der Waals surface area (Å²) in [5.41, 5.74) is 0.707. The third-order valence-corrected chi connectivity index (χ3v) is 2.13. The molecule has 1 rings (SSSR count). The zero-order valence-electron chi connectivity index (χ0n) is 11.4. The summed E-state index contributed by atoms with van der Waals surface area (Å²) in [6.45, 7) is 3.63. The first kappa shape index (κ1) is 14.8. The first-order valence-corrected chi connectivity index (χ1v) is 5.72. The molecule has 0 fully saturated rings. The van der Waals surface area contributed by atoms with Crippen molar-refractivity contribution in [3.05, 3.63) is 17.7 Å². The number of carbonyl (C=O) groups is 1. The van der Waals surface area contributed by atoms with Crippen LogP contribution < -0.4 is 14.2 Å². The Labute approximate surface area is 111 Å². The fourth-order valence-electron chi connectivity index (χ4n) is 1.39. The molecule has 0 radical (unpaired) electrons. The molecule has 1 aromatic rings. The molecule has 19 heavy (non-hydrogen) atoms. The highest BCUT2D eigenvalue weighted by Gasteiger charge is 2.15. The van der Waals surface area contributed by atoms with Crippen LogP contribution in [0.5, 0.6) is 17.2 Å². The van der Waals surface area contributed by atoms with Crippen LogP contribution in [-0.2, 0) is 9.63 Å². The van der Waals surface area contributed by atoms with Crippen molar-refractivity contribution in [2.75, 3.05) is 20.8 Å². The normalized spacial score (nSPS) is 10.3. The van der Waals surface area contributed by atoms with Crippen molar-refractivity contribution < 1.29 is 23.8 Å². The molecule has 0 aliphatic heterocycles. The van der Waals surface area contributed by atoms with E-state index in [1.807, 2.05) is 6.92 Å². The summed E-state index contributed by atoms with van der Waals surface area (Å²) in [7, 11) is 2.95. The van der Waals surface area contributed by atoms with E-state index < -0.39 is 5.97 Å². The highest BCUT2D eigenvalue weighted by atomic mass is 16.6. The summed E-state index contributed by atoms with van der Waals surface area (Å²) in [5, 5.41) is 3.76. The van der Waals surface area contributed by atoms with Crippen molar-refractivity contribution in [3.8, 4) is 17.2 Å². The van der Waals surface area contributed by atoms with Crippen molar-refractivity contribution in [1.29, 1.82) is 0 Å². The van der Waals surface area contributed by atoms with Gasteiger partial charge in [0.25, 0.3) is 0 Å². The summed E-state index contributed by atoms with van der Waals surface area (Å²) in [6, 6.07) is 3.34. The topological polar surface area (TPSA) is 66.3 Å². The summed E-state index contributed by atoms with van der Waals surface area (Å²) >= 11 is 0. The van der Waals surface area contributed by atoms with E-state index in [-0.39, 0.29) is 5.75 Å². The van der Waals surface area contributed by atoms with Crippen LogP contribution in [-0.4, -0.2) is 33.0 Å². The number of esters is 1. The van der Waals surface area contributed by atoms with Gasteiger partial charge < -0.3 is 19.0 Å². The molecule has 0 spiro atoms. The van der Waals surface area contributed by atoms with Crippen LogP contribution in [0, 0.1) is 0 Å². The van der Waals surface area contributed by atoms with Gasteiger partial charge in [0, 0.05) is 12.5 Å². The number of nitrogens with zero attached hydrogens (tertiary/aromatic N) is 1. The van der Waals surface area contributed by atoms with Gasteiger partial charge in [0.2, 0.25) is 5.75 Å². The number of carbonyl (C=O) groups excluding carboxylic acids is 1. The quantitative estimate of drug-likeness (QED) is 0.341. The van der Waals surface area contributed by atoms with Crippen molar-refractivity contribution in [1.82, 2.24) is 0 Å². The van der Waals surface area contributed by atoms with Gasteiger partial charge >= 0.3 is 5.97 Å². The first-order valence-electron chi connectivity index (χ1n) is 5.72. The minimum atomic E-state index is -0.452. The van der Waals surface area contributed by atoms with Crippen LogP contribution >= 0.6 is 0 Å². The maximum atomic E-state index is 11.1. The van der Waals surface area contributed by atoms with Gasteiger partial charge in [0.1, 0.15) is 6.61 Å². The van der Waals surface area contributed by atoms with E-state index >= 15 is 0 Å². The van der Waals surface area contributed by atoms with Crippen LogP contribution in [0.1, 0.15) is 19.4 Å². The average Bonchev–Trinajstić information content (AvgIpc) is 2.39. The largest absolute Gasteiger partial charge is 0.493 e. The third-order valence-electron chi connectivity index (χ3n) is 2.13. The zero-order valence-corrected chi connectivity index (χ0v) is 11.4. The molecule has 0 saturated carbocycles. The number of hydrogen-bond acceptors (Lipinski definition) is 6. The lowest BCUT2D eigenvalue weighted by molar-refractivity contribution is -0.132. The molecule has 6 heteroatoms. The Balaban J connectivity index is 3.15. The minimum Gasteiger partial charge on any atom is -0.493 e. The Morgan fingerprint density at radius 2 is 1.84 bits per heavy atom. The Hall–Kier alpha value is -2.24. The average molecular weight is 267 g/mol. The lowest BCUT2D eigenvalue weighted by Gasteiger charge is -2.13. The molecule has 0 amide bonds. The van der Waals surface area contributed by atoms with Crippen LogP contribution in [0.25, 0.3) is 0 Å². The predicted octanol–water partition coefficient (Wildman–Crippen LogP) is 2.00. The van der Waals surface area contributed by atoms with E-state index in [1.54, 1.807) is 12.1 Å². The number of oxime groups is 1. The second kappa shape index (κ2) is 7.25. The molecule has 0 heterocycles. The third kappa shape index (κ3) is 4.17. The Morgan fingerprint density at radius 3 is 2.26 bits per heavy atom. The van der Waals surface area contributed by atoms with Gasteiger partial charge in [-0.15, -0.1) is 0 Å². The monoisotopic (exact) mass is 267 g/mol. The minimum absolute atomic E-state index is 0.242. The number of methoxy groups -OCH3 is 2. The van der Waals surface area contributed by atoms with E-state index in [4.69, 9.17) is 19.0 Å². The molecule has 6 nitrogen and oxygen atoms in total. The van der Waals surface area contributed by atoms with Gasteiger partial charge in [-0.25, -0.2) is 0 Å². The summed E-state index contributed by atoms with van der Waals surface area (Å²) in [6.07, 6.45) is 1.52. The van der Waals surface area contributed by atoms with E-state index in [0.29, 0.717) is 23.7 Å². The molecule has 0 unspecified atom stereocenters. The molecule has 1 aromatic carbocycles. The van der Waals surface area contributed by atoms with E-state index in [1.165, 1.54) is 27.4 Å². The Kier molecular flexibility index (Phi) is 5.66. The van der Waals surface area contributed by atoms with Crippen molar-refractivity contribution in [2.24, 2.45) is 5.16 Å². The molecule has 0 bridgehead atoms. The van der Waals surface area contributed by atoms with Crippen LogP contribution in [0.4, 0.5) is 0 Å². The molecular weight excluding hydrogens is 250 g/mol. The van der Waals surface area contributed by atoms with Gasteiger partial charge in [-0.3, -0.25) is 4.79 Å². The second-order valence-electron chi connectivity index (χ2n) is 3.50. The standard InChI is InChI=1S/C13H17NO5/c1-5-18-14-8-10-6-11(16-3)13(19-9(2)15)12(7-10)17-4/h6-8H,5H2,1-4H3/b14-8+. The van der Waals surface area contributed by atoms with Crippen LogP contribution in [0.3, 0.4) is 0 Å². The zero-order chi connectivity index (χ0) is 14.3. The number of benzene rings is 1. The van der Waals surface area contributed by atoms with Crippen molar-refractivity contribution in [3.63, 3.8) is 0 Å². The summed E-state index contributed by atoms with van der Waals surface area (Å²) in [5.74, 6) is 0.554. The Bertz CT molecular complexity index is 445. The van der Waals surface area contributed by atoms with E-state index in [2.05, 4.69) is 5.16 Å². The smallest absolute Gasteiger partial charge is 0.308 e. The molecule has 104 valence electrons. The summed E-state index contributed by atoms with van der Waals surface area (Å²) < 4.78 is 15.4. The fraction of sp³-hybridized carbons (Fsp3) is 0.385. The van der Waals surface area contributed by atoms with Gasteiger partial charge in [-0.2, -0.15) is 0 Å². The molecule has 0 saturated heterocycles. The highest BCUT2D eigenvalue weighted by Crippen LogP contribution is 2.38. The van der Waals surface area contributed by atoms with Gasteiger partial charge in [0.15, 0.2) is 11.5 Å². The first-order chi connectivity index (χ1) is 9.12. The lowest BCUT2D eigenvalue weighted by Crippen LogP contribution is -2.05. The number of hydrogen-bond donors (Lipinski definition) is 0. The lowest BCUT2D eigenvalue weighted by atomic mass is 10.2. The molecule has 0 aliphatic rings. The molecule has 0 aliphatic carbocycles. The van der Waals surface area contributed by atoms with E-state index in [9.17, 15) is 4.79 Å². The maximum Gasteiger partial charge on any atom is 0.308 e. The highest BCUT2D eigenvalue weighted by molar-refractivity contribution is 5.83. The van der Waals surface area contributed by atoms with Gasteiger partial charge in [-0.1, -0.05) is 5.16 Å². The maximum absolute atomic E-state index is 11.1. The van der Waals surface area contributed by atoms with Crippen molar-refractivity contribution >= 4 is 12.2 Å². The van der Waals surface area contributed by atoms with Crippen LogP contribution in [0.2, 0.25) is 0 Å². The predicted molar refractivity (Wildman–Crippen MR) is 70.1 cm³/mol. The number of rotatable bonds is 6. The fourth-order valence-corrected chi connectivity index (χ4v) is 1.39. The molecule has 0 atom stereocenters. The van der Waals surface area contributed by atoms with Crippen LogP contribution in [0.15, 0.2) is 17.3 Å². The second-order valence-corrected chi connectivity index (χ2v) is 3.50. The van der Waals surface area contributed by atoms with E-state index in [0.717, 1.165) is 0 Å². The van der Waals surface area contributed by atoms with Crippen molar-refractivity contribution in [2.45, 2.75) is 13.8 Å². The molecule has 0 N–H and O–H groups in total. The SMILES string of the molecule is CCO/N=C/c1cc(OC)c(OC(C)=O)c(OC)c1. The molecular formula is C13H17NO5. The number of ether oxygens (including phenoxy) is 3. The van der Waals surface area contributed by atoms with Gasteiger partial charge in [-0.05, 0) is 19.1 Å². The Morgan fingerprint density at radius 1 is 1.26 bits per heavy atom.